The average Bonchev–Trinajstić information content (AvgIpc) is 2.60. The van der Waals surface area contributed by atoms with Gasteiger partial charge in [0.2, 0.25) is 0 Å². The van der Waals surface area contributed by atoms with E-state index in [0.29, 0.717) is 10.6 Å². The molecule has 0 amide bonds. The van der Waals surface area contributed by atoms with Crippen LogP contribution >= 0.6 is 11.6 Å². The van der Waals surface area contributed by atoms with Crippen LogP contribution in [0.2, 0.25) is 5.02 Å². The molecule has 1 aromatic carbocycles. The number of carbonyl (C=O) groups excluding carboxylic acids is 1. The minimum absolute atomic E-state index is 0.615. The molecule has 2 aromatic rings. The van der Waals surface area contributed by atoms with E-state index in [1.165, 1.54) is 0 Å². The van der Waals surface area contributed by atoms with Crippen molar-refractivity contribution in [3.8, 4) is 11.1 Å². The van der Waals surface area contributed by atoms with Crippen molar-refractivity contribution in [3.05, 3.63) is 40.7 Å². The molecular weight excluding hydrogens is 224 g/mol. The zero-order valence-corrected chi connectivity index (χ0v) is 9.82. The van der Waals surface area contributed by atoms with Gasteiger partial charge in [-0.25, -0.2) is 0 Å². The summed E-state index contributed by atoms with van der Waals surface area (Å²) in [5, 5.41) is 4.77. The number of aromatic nitrogens is 2. The quantitative estimate of drug-likeness (QED) is 0.749. The topological polar surface area (TPSA) is 34.9 Å². The summed E-state index contributed by atoms with van der Waals surface area (Å²) >= 11 is 5.94. The first-order valence-electron chi connectivity index (χ1n) is 4.87. The van der Waals surface area contributed by atoms with Crippen LogP contribution in [0.4, 0.5) is 0 Å². The summed E-state index contributed by atoms with van der Waals surface area (Å²) in [5.41, 5.74) is 3.39. The van der Waals surface area contributed by atoms with Crippen LogP contribution in [0.3, 0.4) is 0 Å². The van der Waals surface area contributed by atoms with E-state index in [0.717, 1.165) is 23.1 Å². The molecule has 3 nitrogen and oxygen atoms in total. The standard InChI is InChI=1S/C12H11ClN2O/c1-8-12(6-14-15(8)2)11-5-10(13)4-3-9(11)7-16/h3-7H,1-2H3. The SMILES string of the molecule is Cc1c(-c2cc(Cl)ccc2C=O)cnn1C. The Hall–Kier alpha value is -1.61. The number of rotatable bonds is 2. The molecule has 0 atom stereocenters. The number of hydrogen-bond acceptors (Lipinski definition) is 2. The lowest BCUT2D eigenvalue weighted by molar-refractivity contribution is 0.112. The summed E-state index contributed by atoms with van der Waals surface area (Å²) in [6.07, 6.45) is 2.58. The van der Waals surface area contributed by atoms with Crippen molar-refractivity contribution in [2.75, 3.05) is 0 Å². The maximum absolute atomic E-state index is 11.0. The van der Waals surface area contributed by atoms with Gasteiger partial charge in [-0.2, -0.15) is 5.10 Å². The molecule has 0 unspecified atom stereocenters. The van der Waals surface area contributed by atoms with E-state index < -0.39 is 0 Å². The van der Waals surface area contributed by atoms with E-state index in [1.807, 2.05) is 14.0 Å². The van der Waals surface area contributed by atoms with Crippen molar-refractivity contribution in [2.24, 2.45) is 7.05 Å². The second kappa shape index (κ2) is 4.10. The number of carbonyl (C=O) groups is 1. The summed E-state index contributed by atoms with van der Waals surface area (Å²) in [4.78, 5) is 11.0. The number of aldehydes is 1. The van der Waals surface area contributed by atoms with Crippen LogP contribution in [0.15, 0.2) is 24.4 Å². The largest absolute Gasteiger partial charge is 0.298 e. The molecule has 0 saturated heterocycles. The van der Waals surface area contributed by atoms with Crippen molar-refractivity contribution >= 4 is 17.9 Å². The van der Waals surface area contributed by atoms with Gasteiger partial charge in [0, 0.05) is 28.9 Å². The highest BCUT2D eigenvalue weighted by Crippen LogP contribution is 2.28. The molecule has 0 fully saturated rings. The van der Waals surface area contributed by atoms with Gasteiger partial charge in [0.05, 0.1) is 6.20 Å². The van der Waals surface area contributed by atoms with Gasteiger partial charge < -0.3 is 0 Å². The van der Waals surface area contributed by atoms with Crippen molar-refractivity contribution in [1.29, 1.82) is 0 Å². The van der Waals surface area contributed by atoms with Gasteiger partial charge in [-0.3, -0.25) is 9.48 Å². The highest BCUT2D eigenvalue weighted by atomic mass is 35.5. The predicted octanol–water partition coefficient (Wildman–Crippen LogP) is 2.86. The Kier molecular flexibility index (Phi) is 2.79. The molecule has 0 spiro atoms. The zero-order valence-electron chi connectivity index (χ0n) is 9.07. The average molecular weight is 235 g/mol. The van der Waals surface area contributed by atoms with Crippen LogP contribution < -0.4 is 0 Å². The second-order valence-corrected chi connectivity index (χ2v) is 4.05. The van der Waals surface area contributed by atoms with E-state index >= 15 is 0 Å². The Balaban J connectivity index is 2.67. The minimum atomic E-state index is 0.615. The first-order chi connectivity index (χ1) is 7.63. The fourth-order valence-corrected chi connectivity index (χ4v) is 1.80. The van der Waals surface area contributed by atoms with Gasteiger partial charge in [-0.15, -0.1) is 0 Å². The van der Waals surface area contributed by atoms with E-state index in [1.54, 1.807) is 29.1 Å². The fourth-order valence-electron chi connectivity index (χ4n) is 1.63. The summed E-state index contributed by atoms with van der Waals surface area (Å²) in [6.45, 7) is 1.96. The van der Waals surface area contributed by atoms with Crippen LogP contribution in [0.25, 0.3) is 11.1 Å². The lowest BCUT2D eigenvalue weighted by atomic mass is 10.0. The third-order valence-corrected chi connectivity index (χ3v) is 2.90. The van der Waals surface area contributed by atoms with Crippen LogP contribution in [-0.2, 0) is 7.05 Å². The van der Waals surface area contributed by atoms with Crippen LogP contribution in [-0.4, -0.2) is 16.1 Å². The second-order valence-electron chi connectivity index (χ2n) is 3.62. The molecule has 16 heavy (non-hydrogen) atoms. The molecule has 82 valence electrons. The van der Waals surface area contributed by atoms with Crippen LogP contribution in [0, 0.1) is 6.92 Å². The van der Waals surface area contributed by atoms with Crippen molar-refractivity contribution < 1.29 is 4.79 Å². The Labute approximate surface area is 98.7 Å². The third-order valence-electron chi connectivity index (χ3n) is 2.67. The molecule has 2 rings (SSSR count). The first-order valence-corrected chi connectivity index (χ1v) is 5.25. The summed E-state index contributed by atoms with van der Waals surface area (Å²) in [5.74, 6) is 0. The number of aryl methyl sites for hydroxylation is 1. The third kappa shape index (κ3) is 1.74. The van der Waals surface area contributed by atoms with Crippen LogP contribution in [0.1, 0.15) is 16.1 Å². The summed E-state index contributed by atoms with van der Waals surface area (Å²) < 4.78 is 1.77. The maximum atomic E-state index is 11.0. The molecule has 0 aliphatic rings. The number of benzene rings is 1. The number of halogens is 1. The normalized spacial score (nSPS) is 10.4. The molecule has 1 heterocycles. The van der Waals surface area contributed by atoms with Crippen molar-refractivity contribution in [3.63, 3.8) is 0 Å². The van der Waals surface area contributed by atoms with Gasteiger partial charge in [0.1, 0.15) is 0 Å². The first kappa shape index (κ1) is 10.9. The Morgan fingerprint density at radius 3 is 2.69 bits per heavy atom. The van der Waals surface area contributed by atoms with Crippen molar-refractivity contribution in [2.45, 2.75) is 6.92 Å². The fraction of sp³-hybridized carbons (Fsp3) is 0.167. The Morgan fingerprint density at radius 1 is 1.38 bits per heavy atom. The molecule has 0 aliphatic heterocycles. The van der Waals surface area contributed by atoms with Gasteiger partial charge >= 0.3 is 0 Å². The minimum Gasteiger partial charge on any atom is -0.298 e. The van der Waals surface area contributed by atoms with E-state index in [2.05, 4.69) is 5.10 Å². The number of hydrogen-bond donors (Lipinski definition) is 0. The van der Waals surface area contributed by atoms with Gasteiger partial charge in [0.25, 0.3) is 0 Å². The molecule has 0 radical (unpaired) electrons. The van der Waals surface area contributed by atoms with E-state index in [-0.39, 0.29) is 0 Å². The highest BCUT2D eigenvalue weighted by molar-refractivity contribution is 6.31. The Morgan fingerprint density at radius 2 is 2.12 bits per heavy atom. The summed E-state index contributed by atoms with van der Waals surface area (Å²) in [7, 11) is 1.87. The molecule has 1 aromatic heterocycles. The van der Waals surface area contributed by atoms with Crippen LogP contribution in [0.5, 0.6) is 0 Å². The molecular formula is C12H11ClN2O. The smallest absolute Gasteiger partial charge is 0.150 e. The predicted molar refractivity (Wildman–Crippen MR) is 63.8 cm³/mol. The Bertz CT molecular complexity index is 546. The van der Waals surface area contributed by atoms with Gasteiger partial charge in [-0.1, -0.05) is 11.6 Å². The van der Waals surface area contributed by atoms with E-state index in [4.69, 9.17) is 11.6 Å². The highest BCUT2D eigenvalue weighted by Gasteiger charge is 2.11. The molecule has 4 heteroatoms. The maximum Gasteiger partial charge on any atom is 0.150 e. The number of nitrogens with zero attached hydrogens (tertiary/aromatic N) is 2. The molecule has 0 saturated carbocycles. The van der Waals surface area contributed by atoms with Gasteiger partial charge in [0.15, 0.2) is 6.29 Å². The molecule has 0 bridgehead atoms. The molecule has 0 aliphatic carbocycles. The molecule has 0 N–H and O–H groups in total. The van der Waals surface area contributed by atoms with E-state index in [9.17, 15) is 4.79 Å². The lowest BCUT2D eigenvalue weighted by Crippen LogP contribution is -1.93. The van der Waals surface area contributed by atoms with Gasteiger partial charge in [-0.05, 0) is 30.7 Å². The summed E-state index contributed by atoms with van der Waals surface area (Å²) in [6, 6.07) is 5.22. The zero-order chi connectivity index (χ0) is 11.7. The monoisotopic (exact) mass is 234 g/mol. The van der Waals surface area contributed by atoms with Crippen molar-refractivity contribution in [1.82, 2.24) is 9.78 Å². The lowest BCUT2D eigenvalue weighted by Gasteiger charge is -2.05.